The third-order valence-corrected chi connectivity index (χ3v) is 7.34. The van der Waals surface area contributed by atoms with Crippen LogP contribution in [-0.4, -0.2) is 77.3 Å². The minimum atomic E-state index is -0.148. The minimum absolute atomic E-state index is 0.0291. The fourth-order valence-electron chi connectivity index (χ4n) is 5.08. The molecular formula is C26H34ClN5O2. The molecule has 1 atom stereocenters. The van der Waals surface area contributed by atoms with E-state index in [-0.39, 0.29) is 17.9 Å². The Labute approximate surface area is 207 Å². The zero-order chi connectivity index (χ0) is 24.2. The van der Waals surface area contributed by atoms with Gasteiger partial charge in [-0.1, -0.05) is 23.7 Å². The average Bonchev–Trinajstić information content (AvgIpc) is 3.32. The number of pyridine rings is 1. The number of rotatable bonds is 6. The second-order valence-electron chi connectivity index (χ2n) is 9.61. The Hall–Kier alpha value is -2.48. The Morgan fingerprint density at radius 2 is 1.88 bits per heavy atom. The molecule has 1 aromatic heterocycles. The second kappa shape index (κ2) is 10.8. The summed E-state index contributed by atoms with van der Waals surface area (Å²) in [6, 6.07) is 9.84. The SMILES string of the molecule is Cc1cc(CN2CCC(N3CCCC3C(=O)Nc3cc(C(=O)N(C)C)ccn3)CC2)ccc1Cl. The lowest BCUT2D eigenvalue weighted by Crippen LogP contribution is -2.50. The zero-order valence-corrected chi connectivity index (χ0v) is 21.0. The lowest BCUT2D eigenvalue weighted by Gasteiger charge is -2.39. The number of benzene rings is 1. The minimum Gasteiger partial charge on any atom is -0.345 e. The van der Waals surface area contributed by atoms with Crippen molar-refractivity contribution in [3.8, 4) is 0 Å². The van der Waals surface area contributed by atoms with Crippen LogP contribution in [0.2, 0.25) is 5.02 Å². The molecule has 2 aliphatic rings. The molecule has 182 valence electrons. The highest BCUT2D eigenvalue weighted by atomic mass is 35.5. The van der Waals surface area contributed by atoms with Crippen LogP contribution in [0.3, 0.4) is 0 Å². The van der Waals surface area contributed by atoms with Crippen molar-refractivity contribution >= 4 is 29.2 Å². The van der Waals surface area contributed by atoms with Gasteiger partial charge in [0.15, 0.2) is 0 Å². The summed E-state index contributed by atoms with van der Waals surface area (Å²) in [6.07, 6.45) is 5.56. The van der Waals surface area contributed by atoms with Gasteiger partial charge in [-0.3, -0.25) is 19.4 Å². The number of carbonyl (C=O) groups is 2. The monoisotopic (exact) mass is 483 g/mol. The molecule has 2 aliphatic heterocycles. The summed E-state index contributed by atoms with van der Waals surface area (Å²) in [5.74, 6) is 0.289. The number of carbonyl (C=O) groups excluding carboxylic acids is 2. The molecule has 2 amide bonds. The van der Waals surface area contributed by atoms with Crippen LogP contribution < -0.4 is 5.32 Å². The number of halogens is 1. The van der Waals surface area contributed by atoms with E-state index in [9.17, 15) is 9.59 Å². The van der Waals surface area contributed by atoms with Gasteiger partial charge in [-0.15, -0.1) is 0 Å². The highest BCUT2D eigenvalue weighted by molar-refractivity contribution is 6.31. The summed E-state index contributed by atoms with van der Waals surface area (Å²) >= 11 is 6.17. The van der Waals surface area contributed by atoms with E-state index in [0.717, 1.165) is 62.4 Å². The lowest BCUT2D eigenvalue weighted by atomic mass is 10.0. The molecule has 2 fully saturated rings. The Bertz CT molecular complexity index is 1040. The quantitative estimate of drug-likeness (QED) is 0.676. The molecular weight excluding hydrogens is 450 g/mol. The van der Waals surface area contributed by atoms with E-state index in [0.29, 0.717) is 17.4 Å². The average molecular weight is 484 g/mol. The van der Waals surface area contributed by atoms with E-state index < -0.39 is 0 Å². The van der Waals surface area contributed by atoms with E-state index in [2.05, 4.69) is 32.2 Å². The molecule has 3 heterocycles. The van der Waals surface area contributed by atoms with Crippen LogP contribution in [0.1, 0.15) is 47.2 Å². The molecule has 2 aromatic rings. The van der Waals surface area contributed by atoms with E-state index in [1.807, 2.05) is 13.0 Å². The van der Waals surface area contributed by atoms with Crippen LogP contribution in [0.25, 0.3) is 0 Å². The maximum atomic E-state index is 13.1. The highest BCUT2D eigenvalue weighted by Gasteiger charge is 2.36. The number of amides is 2. The van der Waals surface area contributed by atoms with Crippen LogP contribution in [0.15, 0.2) is 36.5 Å². The topological polar surface area (TPSA) is 68.8 Å². The molecule has 0 radical (unpaired) electrons. The largest absolute Gasteiger partial charge is 0.345 e. The lowest BCUT2D eigenvalue weighted by molar-refractivity contribution is -0.121. The third-order valence-electron chi connectivity index (χ3n) is 6.92. The second-order valence-corrected chi connectivity index (χ2v) is 10.0. The van der Waals surface area contributed by atoms with Crippen molar-refractivity contribution in [1.29, 1.82) is 0 Å². The molecule has 0 bridgehead atoms. The smallest absolute Gasteiger partial charge is 0.253 e. The summed E-state index contributed by atoms with van der Waals surface area (Å²) in [4.78, 5) is 36.0. The predicted octanol–water partition coefficient (Wildman–Crippen LogP) is 3.81. The Morgan fingerprint density at radius 3 is 2.59 bits per heavy atom. The number of hydrogen-bond acceptors (Lipinski definition) is 5. The van der Waals surface area contributed by atoms with Crippen molar-refractivity contribution in [1.82, 2.24) is 19.7 Å². The number of aromatic nitrogens is 1. The van der Waals surface area contributed by atoms with Crippen molar-refractivity contribution in [2.24, 2.45) is 0 Å². The first kappa shape index (κ1) is 24.6. The fraction of sp³-hybridized carbons (Fsp3) is 0.500. The highest BCUT2D eigenvalue weighted by Crippen LogP contribution is 2.28. The van der Waals surface area contributed by atoms with Crippen LogP contribution >= 0.6 is 11.6 Å². The molecule has 4 rings (SSSR count). The first-order valence-corrected chi connectivity index (χ1v) is 12.4. The van der Waals surface area contributed by atoms with Gasteiger partial charge in [0.05, 0.1) is 6.04 Å². The van der Waals surface area contributed by atoms with Crippen molar-refractivity contribution in [2.45, 2.75) is 51.2 Å². The summed E-state index contributed by atoms with van der Waals surface area (Å²) in [6.45, 7) is 5.97. The molecule has 34 heavy (non-hydrogen) atoms. The van der Waals surface area contributed by atoms with Crippen LogP contribution in [0, 0.1) is 6.92 Å². The third kappa shape index (κ3) is 5.77. The molecule has 0 saturated carbocycles. The van der Waals surface area contributed by atoms with Crippen molar-refractivity contribution < 1.29 is 9.59 Å². The summed E-state index contributed by atoms with van der Waals surface area (Å²) in [5, 5.41) is 3.77. The molecule has 7 nitrogen and oxygen atoms in total. The number of aryl methyl sites for hydroxylation is 1. The van der Waals surface area contributed by atoms with Gasteiger partial charge in [0.25, 0.3) is 5.91 Å². The fourth-order valence-corrected chi connectivity index (χ4v) is 5.20. The Balaban J connectivity index is 1.33. The van der Waals surface area contributed by atoms with E-state index in [1.165, 1.54) is 10.5 Å². The molecule has 1 unspecified atom stereocenters. The predicted molar refractivity (Wildman–Crippen MR) is 135 cm³/mol. The Kier molecular flexibility index (Phi) is 7.86. The van der Waals surface area contributed by atoms with Gasteiger partial charge < -0.3 is 10.2 Å². The van der Waals surface area contributed by atoms with E-state index in [1.54, 1.807) is 32.4 Å². The normalized spacial score (nSPS) is 19.8. The van der Waals surface area contributed by atoms with Gasteiger partial charge in [0.1, 0.15) is 5.82 Å². The molecule has 0 spiro atoms. The van der Waals surface area contributed by atoms with Gasteiger partial charge in [-0.2, -0.15) is 0 Å². The molecule has 2 saturated heterocycles. The maximum Gasteiger partial charge on any atom is 0.253 e. The van der Waals surface area contributed by atoms with Crippen molar-refractivity contribution in [3.63, 3.8) is 0 Å². The summed E-state index contributed by atoms with van der Waals surface area (Å²) in [7, 11) is 3.42. The number of likely N-dealkylation sites (tertiary alicyclic amines) is 2. The zero-order valence-electron chi connectivity index (χ0n) is 20.3. The van der Waals surface area contributed by atoms with Gasteiger partial charge >= 0.3 is 0 Å². The van der Waals surface area contributed by atoms with Crippen LogP contribution in [0.5, 0.6) is 0 Å². The number of nitrogens with one attached hydrogen (secondary N) is 1. The van der Waals surface area contributed by atoms with Crippen LogP contribution in [-0.2, 0) is 11.3 Å². The van der Waals surface area contributed by atoms with Crippen LogP contribution in [0.4, 0.5) is 5.82 Å². The molecule has 0 aliphatic carbocycles. The number of hydrogen-bond donors (Lipinski definition) is 1. The molecule has 1 N–H and O–H groups in total. The van der Waals surface area contributed by atoms with Gasteiger partial charge in [0.2, 0.25) is 5.91 Å². The van der Waals surface area contributed by atoms with Crippen molar-refractivity contribution in [3.05, 3.63) is 58.2 Å². The standard InChI is InChI=1S/C26H34ClN5O2/c1-18-15-19(6-7-22(18)27)17-31-13-9-21(10-14-31)32-12-4-5-23(32)25(33)29-24-16-20(8-11-28-24)26(34)30(2)3/h6-8,11,15-16,21,23H,4-5,9-10,12-14,17H2,1-3H3,(H,28,29,33). The maximum absolute atomic E-state index is 13.1. The first-order chi connectivity index (χ1) is 16.3. The molecule has 8 heteroatoms. The number of piperidine rings is 1. The van der Waals surface area contributed by atoms with Gasteiger partial charge in [-0.05, 0) is 81.6 Å². The van der Waals surface area contributed by atoms with Gasteiger partial charge in [0, 0.05) is 43.5 Å². The summed E-state index contributed by atoms with van der Waals surface area (Å²) < 4.78 is 0. The Morgan fingerprint density at radius 1 is 1.12 bits per heavy atom. The summed E-state index contributed by atoms with van der Waals surface area (Å²) in [5.41, 5.74) is 2.93. The van der Waals surface area contributed by atoms with Crippen molar-refractivity contribution in [2.75, 3.05) is 39.0 Å². The number of nitrogens with zero attached hydrogens (tertiary/aromatic N) is 4. The van der Waals surface area contributed by atoms with Gasteiger partial charge in [-0.25, -0.2) is 4.98 Å². The van der Waals surface area contributed by atoms with E-state index in [4.69, 9.17) is 11.6 Å². The van der Waals surface area contributed by atoms with E-state index >= 15 is 0 Å². The number of anilines is 1. The molecule has 1 aromatic carbocycles. The first-order valence-electron chi connectivity index (χ1n) is 12.0.